The number of para-hydroxylation sites is 1. The predicted octanol–water partition coefficient (Wildman–Crippen LogP) is 5.75. The van der Waals surface area contributed by atoms with Crippen molar-refractivity contribution in [2.75, 3.05) is 25.5 Å². The van der Waals surface area contributed by atoms with Crippen LogP contribution in [0.5, 0.6) is 0 Å². The number of carbonyl (C=O) groups is 1. The molecule has 1 aliphatic rings. The highest BCUT2D eigenvalue weighted by Crippen LogP contribution is 2.41. The molecule has 39 heavy (non-hydrogen) atoms. The Balaban J connectivity index is 1.45. The normalized spacial score (nSPS) is 16.7. The lowest BCUT2D eigenvalue weighted by Gasteiger charge is -2.28. The van der Waals surface area contributed by atoms with Crippen molar-refractivity contribution in [3.05, 3.63) is 113 Å². The zero-order valence-electron chi connectivity index (χ0n) is 22.4. The quantitative estimate of drug-likeness (QED) is 0.159. The minimum Gasteiger partial charge on any atom is -0.465 e. The molecule has 0 radical (unpaired) electrons. The van der Waals surface area contributed by atoms with Crippen molar-refractivity contribution in [1.29, 1.82) is 0 Å². The molecule has 0 amide bonds. The standard InChI is InChI=1S/C31H33N5O2S/c1-21-20-26(22(2)36(21)25-15-13-23(14-16-25)30(37)38-3)29-28(27-12-7-8-17-33-27)34-31(39)35(29)19-9-18-32-24-10-5-4-6-11-24/h4-8,10-17,20,28-29,32H,9,18-19H2,1-3H3,(H,34,39)/t28-,29+/m1/s1. The van der Waals surface area contributed by atoms with E-state index in [9.17, 15) is 4.79 Å². The first-order valence-corrected chi connectivity index (χ1v) is 13.5. The Hall–Kier alpha value is -4.17. The molecule has 2 aromatic heterocycles. The molecular weight excluding hydrogens is 506 g/mol. The number of methoxy groups -OCH3 is 1. The molecule has 7 nitrogen and oxygen atoms in total. The fraction of sp³-hybridized carbons (Fsp3) is 0.258. The van der Waals surface area contributed by atoms with Crippen molar-refractivity contribution in [1.82, 2.24) is 19.8 Å². The zero-order chi connectivity index (χ0) is 27.4. The third-order valence-electron chi connectivity index (χ3n) is 7.21. The maximum atomic E-state index is 11.9. The Morgan fingerprint density at radius 1 is 1.05 bits per heavy atom. The van der Waals surface area contributed by atoms with E-state index in [1.165, 1.54) is 12.7 Å². The molecule has 0 unspecified atom stereocenters. The maximum Gasteiger partial charge on any atom is 0.337 e. The van der Waals surface area contributed by atoms with E-state index < -0.39 is 0 Å². The van der Waals surface area contributed by atoms with E-state index in [1.54, 1.807) is 12.1 Å². The third kappa shape index (κ3) is 5.52. The van der Waals surface area contributed by atoms with E-state index in [0.29, 0.717) is 5.56 Å². The Labute approximate surface area is 234 Å². The lowest BCUT2D eigenvalue weighted by atomic mass is 9.96. The molecule has 4 aromatic rings. The Bertz CT molecular complexity index is 1440. The average molecular weight is 540 g/mol. The number of carbonyl (C=O) groups excluding carboxylic acids is 1. The van der Waals surface area contributed by atoms with Crippen molar-refractivity contribution in [3.8, 4) is 5.69 Å². The van der Waals surface area contributed by atoms with Gasteiger partial charge in [-0.25, -0.2) is 4.79 Å². The smallest absolute Gasteiger partial charge is 0.337 e. The van der Waals surface area contributed by atoms with Gasteiger partial charge in [0.1, 0.15) is 0 Å². The van der Waals surface area contributed by atoms with Crippen LogP contribution in [0.3, 0.4) is 0 Å². The van der Waals surface area contributed by atoms with Crippen molar-refractivity contribution >= 4 is 29.0 Å². The van der Waals surface area contributed by atoms with Crippen LogP contribution in [0, 0.1) is 13.8 Å². The fourth-order valence-corrected chi connectivity index (χ4v) is 5.70. The van der Waals surface area contributed by atoms with E-state index in [-0.39, 0.29) is 18.1 Å². The first-order valence-electron chi connectivity index (χ1n) is 13.1. The van der Waals surface area contributed by atoms with E-state index >= 15 is 0 Å². The van der Waals surface area contributed by atoms with E-state index in [4.69, 9.17) is 17.0 Å². The van der Waals surface area contributed by atoms with E-state index in [0.717, 1.165) is 53.1 Å². The number of rotatable bonds is 9. The third-order valence-corrected chi connectivity index (χ3v) is 7.56. The molecule has 2 aromatic carbocycles. The van der Waals surface area contributed by atoms with Crippen LogP contribution in [0.2, 0.25) is 0 Å². The Kier molecular flexibility index (Phi) is 7.93. The van der Waals surface area contributed by atoms with Gasteiger partial charge in [-0.1, -0.05) is 24.3 Å². The van der Waals surface area contributed by atoms with Gasteiger partial charge in [0.25, 0.3) is 0 Å². The van der Waals surface area contributed by atoms with Crippen LogP contribution in [0.4, 0.5) is 5.69 Å². The summed E-state index contributed by atoms with van der Waals surface area (Å²) in [5.41, 5.74) is 7.03. The van der Waals surface area contributed by atoms with Crippen LogP contribution >= 0.6 is 12.2 Å². The van der Waals surface area contributed by atoms with Crippen LogP contribution in [-0.4, -0.2) is 45.7 Å². The number of hydrogen-bond acceptors (Lipinski definition) is 5. The number of hydrogen-bond donors (Lipinski definition) is 2. The Morgan fingerprint density at radius 3 is 2.49 bits per heavy atom. The minimum absolute atomic E-state index is 0.0154. The van der Waals surface area contributed by atoms with E-state index in [2.05, 4.69) is 63.2 Å². The molecule has 2 N–H and O–H groups in total. The second-order valence-corrected chi connectivity index (χ2v) is 10.1. The zero-order valence-corrected chi connectivity index (χ0v) is 23.2. The summed E-state index contributed by atoms with van der Waals surface area (Å²) >= 11 is 5.88. The molecular formula is C31H33N5O2S. The monoisotopic (exact) mass is 539 g/mol. The molecule has 1 aliphatic heterocycles. The summed E-state index contributed by atoms with van der Waals surface area (Å²) in [5, 5.41) is 7.81. The van der Waals surface area contributed by atoms with Gasteiger partial charge in [-0.3, -0.25) is 4.98 Å². The average Bonchev–Trinajstić information content (AvgIpc) is 3.45. The van der Waals surface area contributed by atoms with Gasteiger partial charge in [0.15, 0.2) is 5.11 Å². The second kappa shape index (κ2) is 11.7. The fourth-order valence-electron chi connectivity index (χ4n) is 5.37. The van der Waals surface area contributed by atoms with Crippen LogP contribution in [0.15, 0.2) is 85.1 Å². The first-order chi connectivity index (χ1) is 19.0. The van der Waals surface area contributed by atoms with Crippen molar-refractivity contribution < 1.29 is 9.53 Å². The molecule has 2 atom stereocenters. The predicted molar refractivity (Wildman–Crippen MR) is 158 cm³/mol. The number of pyridine rings is 1. The number of esters is 1. The summed E-state index contributed by atoms with van der Waals surface area (Å²) in [4.78, 5) is 18.9. The SMILES string of the molecule is COC(=O)c1ccc(-n2c(C)cc([C@H]3[C@@H](c4ccccn4)NC(=S)N3CCCNc3ccccc3)c2C)cc1. The number of benzene rings is 2. The number of thiocarbonyl (C=S) groups is 1. The van der Waals surface area contributed by atoms with Gasteiger partial charge in [-0.2, -0.15) is 0 Å². The lowest BCUT2D eigenvalue weighted by Crippen LogP contribution is -2.31. The van der Waals surface area contributed by atoms with Gasteiger partial charge in [-0.15, -0.1) is 0 Å². The highest BCUT2D eigenvalue weighted by atomic mass is 32.1. The molecule has 5 rings (SSSR count). The molecule has 1 fully saturated rings. The molecule has 0 bridgehead atoms. The van der Waals surface area contributed by atoms with Crippen LogP contribution in [0.25, 0.3) is 5.69 Å². The molecule has 200 valence electrons. The summed E-state index contributed by atoms with van der Waals surface area (Å²) in [7, 11) is 1.39. The van der Waals surface area contributed by atoms with Gasteiger partial charge in [0.05, 0.1) is 30.5 Å². The highest BCUT2D eigenvalue weighted by molar-refractivity contribution is 7.80. The number of anilines is 1. The summed E-state index contributed by atoms with van der Waals surface area (Å²) in [6.07, 6.45) is 2.76. The van der Waals surface area contributed by atoms with Gasteiger partial charge in [0, 0.05) is 42.0 Å². The molecule has 3 heterocycles. The highest BCUT2D eigenvalue weighted by Gasteiger charge is 2.41. The Morgan fingerprint density at radius 2 is 1.79 bits per heavy atom. The van der Waals surface area contributed by atoms with E-state index in [1.807, 2.05) is 48.7 Å². The van der Waals surface area contributed by atoms with Crippen LogP contribution in [0.1, 0.15) is 51.5 Å². The van der Waals surface area contributed by atoms with Gasteiger partial charge in [-0.05, 0) is 92.6 Å². The summed E-state index contributed by atoms with van der Waals surface area (Å²) in [6, 6.07) is 25.9. The van der Waals surface area contributed by atoms with Crippen LogP contribution < -0.4 is 10.6 Å². The maximum absolute atomic E-state index is 11.9. The first kappa shape index (κ1) is 26.4. The molecule has 0 spiro atoms. The summed E-state index contributed by atoms with van der Waals surface area (Å²) in [5.74, 6) is -0.343. The van der Waals surface area contributed by atoms with Gasteiger partial charge < -0.3 is 24.8 Å². The lowest BCUT2D eigenvalue weighted by molar-refractivity contribution is 0.0600. The molecule has 1 saturated heterocycles. The van der Waals surface area contributed by atoms with Gasteiger partial charge >= 0.3 is 5.97 Å². The molecule has 0 aliphatic carbocycles. The molecule has 8 heteroatoms. The summed E-state index contributed by atoms with van der Waals surface area (Å²) in [6.45, 7) is 5.89. The van der Waals surface area contributed by atoms with Gasteiger partial charge in [0.2, 0.25) is 0 Å². The topological polar surface area (TPSA) is 71.4 Å². The summed E-state index contributed by atoms with van der Waals surface area (Å²) < 4.78 is 7.09. The van der Waals surface area contributed by atoms with Crippen molar-refractivity contribution in [2.45, 2.75) is 32.4 Å². The number of ether oxygens (including phenoxy) is 1. The minimum atomic E-state index is -0.343. The second-order valence-electron chi connectivity index (χ2n) is 9.67. The number of nitrogens with zero attached hydrogens (tertiary/aromatic N) is 3. The largest absolute Gasteiger partial charge is 0.465 e. The van der Waals surface area contributed by atoms with Crippen LogP contribution in [-0.2, 0) is 4.74 Å². The number of aryl methyl sites for hydroxylation is 1. The van der Waals surface area contributed by atoms with Crippen molar-refractivity contribution in [3.63, 3.8) is 0 Å². The molecule has 0 saturated carbocycles. The number of aromatic nitrogens is 2. The van der Waals surface area contributed by atoms with Crippen molar-refractivity contribution in [2.24, 2.45) is 0 Å². The number of nitrogens with one attached hydrogen (secondary N) is 2.